The van der Waals surface area contributed by atoms with Gasteiger partial charge in [-0.1, -0.05) is 30.3 Å². The van der Waals surface area contributed by atoms with Crippen LogP contribution in [0.25, 0.3) is 0 Å². The van der Waals surface area contributed by atoms with Gasteiger partial charge in [0.05, 0.1) is 11.2 Å². The van der Waals surface area contributed by atoms with Crippen molar-refractivity contribution < 1.29 is 0 Å². The van der Waals surface area contributed by atoms with Crippen LogP contribution >= 0.6 is 11.3 Å². The number of benzene rings is 1. The lowest BCUT2D eigenvalue weighted by molar-refractivity contribution is 0.241. The molecule has 1 saturated heterocycles. The Labute approximate surface area is 112 Å². The maximum atomic E-state index is 4.40. The van der Waals surface area contributed by atoms with Gasteiger partial charge in [-0.05, 0) is 31.4 Å². The van der Waals surface area contributed by atoms with E-state index >= 15 is 0 Å². The monoisotopic (exact) mass is 258 g/mol. The Balaban J connectivity index is 1.64. The first-order valence-corrected chi connectivity index (χ1v) is 7.51. The van der Waals surface area contributed by atoms with Crippen molar-refractivity contribution in [3.8, 4) is 0 Å². The van der Waals surface area contributed by atoms with Gasteiger partial charge in [0.15, 0.2) is 0 Å². The predicted octanol–water partition coefficient (Wildman–Crippen LogP) is 3.35. The summed E-state index contributed by atoms with van der Waals surface area (Å²) in [5.74, 6) is 0. The van der Waals surface area contributed by atoms with Crippen molar-refractivity contribution in [1.29, 1.82) is 0 Å². The van der Waals surface area contributed by atoms with Crippen LogP contribution in [-0.4, -0.2) is 22.5 Å². The number of nitrogens with zero attached hydrogens (tertiary/aromatic N) is 2. The maximum absolute atomic E-state index is 4.40. The van der Waals surface area contributed by atoms with Gasteiger partial charge in [0.2, 0.25) is 0 Å². The van der Waals surface area contributed by atoms with Gasteiger partial charge in [-0.25, -0.2) is 4.98 Å². The van der Waals surface area contributed by atoms with E-state index < -0.39 is 0 Å². The highest BCUT2D eigenvalue weighted by molar-refractivity contribution is 7.07. The first-order chi connectivity index (χ1) is 8.92. The van der Waals surface area contributed by atoms with E-state index in [0.717, 1.165) is 6.54 Å². The van der Waals surface area contributed by atoms with E-state index in [0.29, 0.717) is 6.04 Å². The second-order valence-corrected chi connectivity index (χ2v) is 5.65. The molecule has 0 bridgehead atoms. The van der Waals surface area contributed by atoms with E-state index in [2.05, 4.69) is 45.6 Å². The topological polar surface area (TPSA) is 16.1 Å². The van der Waals surface area contributed by atoms with Crippen molar-refractivity contribution in [1.82, 2.24) is 9.88 Å². The molecule has 0 saturated carbocycles. The van der Waals surface area contributed by atoms with Gasteiger partial charge in [0.25, 0.3) is 0 Å². The fraction of sp³-hybridized carbons (Fsp3) is 0.400. The highest BCUT2D eigenvalue weighted by atomic mass is 32.1. The van der Waals surface area contributed by atoms with Crippen molar-refractivity contribution in [2.24, 2.45) is 0 Å². The SMILES string of the molecule is c1ccc(CC2CCCN2Cc2cscn2)cc1. The average molecular weight is 258 g/mol. The van der Waals surface area contributed by atoms with Crippen LogP contribution in [-0.2, 0) is 13.0 Å². The van der Waals surface area contributed by atoms with Crippen LogP contribution in [0.2, 0.25) is 0 Å². The number of thiazole rings is 1. The zero-order chi connectivity index (χ0) is 12.2. The third-order valence-electron chi connectivity index (χ3n) is 3.66. The molecule has 1 aromatic carbocycles. The standard InChI is InChI=1S/C15H18N2S/c1-2-5-13(6-3-1)9-15-7-4-8-17(15)10-14-11-18-12-16-14/h1-3,5-6,11-12,15H,4,7-10H2. The van der Waals surface area contributed by atoms with Gasteiger partial charge in [-0.3, -0.25) is 4.90 Å². The Kier molecular flexibility index (Phi) is 3.72. The normalized spacial score (nSPS) is 20.3. The molecule has 1 aromatic heterocycles. The molecule has 0 amide bonds. The first-order valence-electron chi connectivity index (χ1n) is 6.57. The fourth-order valence-corrected chi connectivity index (χ4v) is 3.29. The first kappa shape index (κ1) is 11.9. The van der Waals surface area contributed by atoms with Crippen LogP contribution in [0.3, 0.4) is 0 Å². The molecule has 0 aliphatic carbocycles. The average Bonchev–Trinajstić information content (AvgIpc) is 3.04. The van der Waals surface area contributed by atoms with E-state index in [4.69, 9.17) is 0 Å². The number of rotatable bonds is 4. The number of likely N-dealkylation sites (tertiary alicyclic amines) is 1. The van der Waals surface area contributed by atoms with E-state index in [1.165, 1.54) is 37.1 Å². The van der Waals surface area contributed by atoms with E-state index in [1.54, 1.807) is 11.3 Å². The lowest BCUT2D eigenvalue weighted by Crippen LogP contribution is -2.30. The Morgan fingerprint density at radius 3 is 2.94 bits per heavy atom. The zero-order valence-electron chi connectivity index (χ0n) is 10.5. The van der Waals surface area contributed by atoms with Gasteiger partial charge < -0.3 is 0 Å². The molecule has 2 aromatic rings. The smallest absolute Gasteiger partial charge is 0.0795 e. The molecule has 1 aliphatic heterocycles. The Morgan fingerprint density at radius 2 is 2.17 bits per heavy atom. The molecule has 2 heterocycles. The Hall–Kier alpha value is -1.19. The van der Waals surface area contributed by atoms with Crippen molar-refractivity contribution in [3.05, 3.63) is 52.5 Å². The van der Waals surface area contributed by atoms with Crippen molar-refractivity contribution in [3.63, 3.8) is 0 Å². The van der Waals surface area contributed by atoms with E-state index in [9.17, 15) is 0 Å². The summed E-state index contributed by atoms with van der Waals surface area (Å²) in [4.78, 5) is 6.98. The Bertz CT molecular complexity index is 467. The molecule has 0 spiro atoms. The molecule has 2 nitrogen and oxygen atoms in total. The van der Waals surface area contributed by atoms with Gasteiger partial charge in [0.1, 0.15) is 0 Å². The second-order valence-electron chi connectivity index (χ2n) is 4.94. The summed E-state index contributed by atoms with van der Waals surface area (Å²) in [5.41, 5.74) is 4.60. The molecular weight excluding hydrogens is 240 g/mol. The molecule has 0 radical (unpaired) electrons. The minimum atomic E-state index is 0.689. The summed E-state index contributed by atoms with van der Waals surface area (Å²) < 4.78 is 0. The summed E-state index contributed by atoms with van der Waals surface area (Å²) in [6.07, 6.45) is 3.81. The van der Waals surface area contributed by atoms with Crippen LogP contribution in [0.15, 0.2) is 41.2 Å². The molecule has 3 heteroatoms. The van der Waals surface area contributed by atoms with Crippen LogP contribution in [0.1, 0.15) is 24.1 Å². The minimum Gasteiger partial charge on any atom is -0.294 e. The number of hydrogen-bond donors (Lipinski definition) is 0. The molecule has 3 rings (SSSR count). The minimum absolute atomic E-state index is 0.689. The zero-order valence-corrected chi connectivity index (χ0v) is 11.3. The molecule has 0 N–H and O–H groups in total. The molecule has 94 valence electrons. The van der Waals surface area contributed by atoms with Crippen molar-refractivity contribution in [2.45, 2.75) is 31.8 Å². The molecule has 1 fully saturated rings. The largest absolute Gasteiger partial charge is 0.294 e. The lowest BCUT2D eigenvalue weighted by atomic mass is 10.0. The maximum Gasteiger partial charge on any atom is 0.0795 e. The summed E-state index contributed by atoms with van der Waals surface area (Å²) in [7, 11) is 0. The summed E-state index contributed by atoms with van der Waals surface area (Å²) >= 11 is 1.69. The third kappa shape index (κ3) is 2.79. The van der Waals surface area contributed by atoms with Crippen LogP contribution < -0.4 is 0 Å². The van der Waals surface area contributed by atoms with Gasteiger partial charge in [-0.15, -0.1) is 11.3 Å². The molecular formula is C15H18N2S. The Morgan fingerprint density at radius 1 is 1.28 bits per heavy atom. The molecule has 1 atom stereocenters. The van der Waals surface area contributed by atoms with Crippen molar-refractivity contribution in [2.75, 3.05) is 6.54 Å². The number of hydrogen-bond acceptors (Lipinski definition) is 3. The van der Waals surface area contributed by atoms with Gasteiger partial charge >= 0.3 is 0 Å². The van der Waals surface area contributed by atoms with Gasteiger partial charge in [-0.2, -0.15) is 0 Å². The quantitative estimate of drug-likeness (QED) is 0.836. The van der Waals surface area contributed by atoms with Crippen LogP contribution in [0.5, 0.6) is 0 Å². The summed E-state index contributed by atoms with van der Waals surface area (Å²) in [6, 6.07) is 11.5. The molecule has 1 aliphatic rings. The summed E-state index contributed by atoms with van der Waals surface area (Å²) in [5, 5.41) is 2.16. The van der Waals surface area contributed by atoms with Crippen LogP contribution in [0.4, 0.5) is 0 Å². The van der Waals surface area contributed by atoms with E-state index in [-0.39, 0.29) is 0 Å². The molecule has 1 unspecified atom stereocenters. The van der Waals surface area contributed by atoms with E-state index in [1.807, 2.05) is 5.51 Å². The third-order valence-corrected chi connectivity index (χ3v) is 4.30. The highest BCUT2D eigenvalue weighted by Gasteiger charge is 2.24. The van der Waals surface area contributed by atoms with Crippen LogP contribution in [0, 0.1) is 0 Å². The highest BCUT2D eigenvalue weighted by Crippen LogP contribution is 2.23. The number of aromatic nitrogens is 1. The predicted molar refractivity (Wildman–Crippen MR) is 75.7 cm³/mol. The van der Waals surface area contributed by atoms with Crippen molar-refractivity contribution >= 4 is 11.3 Å². The molecule has 18 heavy (non-hydrogen) atoms. The lowest BCUT2D eigenvalue weighted by Gasteiger charge is -2.23. The second kappa shape index (κ2) is 5.63. The van der Waals surface area contributed by atoms with Gasteiger partial charge in [0, 0.05) is 18.0 Å². The summed E-state index contributed by atoms with van der Waals surface area (Å²) in [6.45, 7) is 2.23. The fourth-order valence-electron chi connectivity index (χ4n) is 2.74.